The molecule has 0 N–H and O–H groups in total. The largest absolute Gasteiger partial charge is 0.252 e. The van der Waals surface area contributed by atoms with Crippen LogP contribution in [-0.4, -0.2) is 35.8 Å². The summed E-state index contributed by atoms with van der Waals surface area (Å²) >= 11 is 1.29. The lowest BCUT2D eigenvalue weighted by molar-refractivity contribution is 0.347. The lowest BCUT2D eigenvalue weighted by Gasteiger charge is -2.25. The Morgan fingerprint density at radius 2 is 1.79 bits per heavy atom. The van der Waals surface area contributed by atoms with Gasteiger partial charge in [-0.1, -0.05) is 24.6 Å². The molecule has 5 nitrogen and oxygen atoms in total. The van der Waals surface area contributed by atoms with E-state index in [0.717, 1.165) is 35.7 Å². The monoisotopic (exact) mass is 427 g/mol. The molecule has 0 amide bonds. The number of hydrogen-bond acceptors (Lipinski definition) is 5. The Morgan fingerprint density at radius 3 is 2.55 bits per heavy atom. The van der Waals surface area contributed by atoms with Crippen molar-refractivity contribution in [3.8, 4) is 10.6 Å². The molecular formula is C22H25N3O2S2. The molecule has 1 aliphatic rings. The average Bonchev–Trinajstić information content (AvgIpc) is 3.23. The maximum absolute atomic E-state index is 12.9. The standard InChI is InChI=1S/C22H25N3O2S2/c1-16-6-7-18(14-17(16)2)15-21-23-11-10-19(24-21)20-8-9-22(28-20)29(26,27)25-12-4-3-5-13-25/h6-11,14H,3-5,12-13,15H2,1-2H3. The molecule has 4 rings (SSSR count). The predicted molar refractivity (Wildman–Crippen MR) is 117 cm³/mol. The molecule has 1 fully saturated rings. The van der Waals surface area contributed by atoms with Gasteiger partial charge in [0.1, 0.15) is 10.0 Å². The van der Waals surface area contributed by atoms with Crippen molar-refractivity contribution in [2.45, 2.75) is 43.7 Å². The molecule has 2 aromatic heterocycles. The Labute approximate surface area is 176 Å². The first kappa shape index (κ1) is 20.2. The number of aryl methyl sites for hydroxylation is 2. The topological polar surface area (TPSA) is 63.2 Å². The van der Waals surface area contributed by atoms with Crippen LogP contribution in [-0.2, 0) is 16.4 Å². The Balaban J connectivity index is 1.56. The van der Waals surface area contributed by atoms with Crippen molar-refractivity contribution < 1.29 is 8.42 Å². The van der Waals surface area contributed by atoms with Crippen LogP contribution in [0.3, 0.4) is 0 Å². The molecule has 0 saturated carbocycles. The second-order valence-electron chi connectivity index (χ2n) is 7.54. The van der Waals surface area contributed by atoms with Gasteiger partial charge >= 0.3 is 0 Å². The third-order valence-electron chi connectivity index (χ3n) is 5.38. The Bertz CT molecular complexity index is 1120. The van der Waals surface area contributed by atoms with Crippen molar-refractivity contribution in [1.29, 1.82) is 0 Å². The van der Waals surface area contributed by atoms with Gasteiger partial charge < -0.3 is 0 Å². The van der Waals surface area contributed by atoms with E-state index in [1.165, 1.54) is 28.0 Å². The van der Waals surface area contributed by atoms with E-state index in [0.29, 0.717) is 23.7 Å². The predicted octanol–water partition coefficient (Wildman–Crippen LogP) is 4.59. The summed E-state index contributed by atoms with van der Waals surface area (Å²) in [6.45, 7) is 5.43. The fourth-order valence-corrected chi connectivity index (χ4v) is 6.49. The molecular weight excluding hydrogens is 402 g/mol. The minimum atomic E-state index is -3.41. The van der Waals surface area contributed by atoms with E-state index in [4.69, 9.17) is 0 Å². The van der Waals surface area contributed by atoms with Crippen molar-refractivity contribution in [1.82, 2.24) is 14.3 Å². The van der Waals surface area contributed by atoms with Crippen LogP contribution >= 0.6 is 11.3 Å². The zero-order chi connectivity index (χ0) is 20.4. The smallest absolute Gasteiger partial charge is 0.241 e. The number of piperidine rings is 1. The van der Waals surface area contributed by atoms with Gasteiger partial charge in [-0.05, 0) is 61.6 Å². The lowest BCUT2D eigenvalue weighted by Crippen LogP contribution is -2.35. The van der Waals surface area contributed by atoms with Crippen LogP contribution in [0.15, 0.2) is 46.8 Å². The lowest BCUT2D eigenvalue weighted by atomic mass is 10.0. The zero-order valence-corrected chi connectivity index (χ0v) is 18.4. The summed E-state index contributed by atoms with van der Waals surface area (Å²) in [5.74, 6) is 0.736. The van der Waals surface area contributed by atoms with Crippen LogP contribution in [0.5, 0.6) is 0 Å². The molecule has 0 radical (unpaired) electrons. The van der Waals surface area contributed by atoms with Crippen LogP contribution in [0.4, 0.5) is 0 Å². The molecule has 0 unspecified atom stereocenters. The molecule has 0 bridgehead atoms. The molecule has 152 valence electrons. The Morgan fingerprint density at radius 1 is 1.00 bits per heavy atom. The summed E-state index contributed by atoms with van der Waals surface area (Å²) < 4.78 is 27.8. The fourth-order valence-electron chi connectivity index (χ4n) is 3.55. The van der Waals surface area contributed by atoms with Crippen molar-refractivity contribution in [3.05, 3.63) is 65.1 Å². The van der Waals surface area contributed by atoms with Crippen LogP contribution in [0.25, 0.3) is 10.6 Å². The number of thiophene rings is 1. The molecule has 3 heterocycles. The third-order valence-corrected chi connectivity index (χ3v) is 8.86. The van der Waals surface area contributed by atoms with Crippen molar-refractivity contribution in [3.63, 3.8) is 0 Å². The molecule has 1 aliphatic heterocycles. The highest BCUT2D eigenvalue weighted by atomic mass is 32.2. The summed E-state index contributed by atoms with van der Waals surface area (Å²) in [7, 11) is -3.41. The summed E-state index contributed by atoms with van der Waals surface area (Å²) in [6.07, 6.45) is 5.37. The third kappa shape index (κ3) is 4.42. The zero-order valence-electron chi connectivity index (χ0n) is 16.8. The van der Waals surface area contributed by atoms with Crippen molar-refractivity contribution in [2.24, 2.45) is 0 Å². The van der Waals surface area contributed by atoms with Gasteiger partial charge in [0.05, 0.1) is 10.6 Å². The van der Waals surface area contributed by atoms with Gasteiger partial charge in [0.25, 0.3) is 10.0 Å². The first-order valence-corrected chi connectivity index (χ1v) is 12.2. The number of nitrogens with zero attached hydrogens (tertiary/aromatic N) is 3. The first-order chi connectivity index (χ1) is 13.9. The normalized spacial score (nSPS) is 15.5. The molecule has 0 atom stereocenters. The summed E-state index contributed by atoms with van der Waals surface area (Å²) in [5.41, 5.74) is 4.46. The maximum Gasteiger partial charge on any atom is 0.252 e. The number of hydrogen-bond donors (Lipinski definition) is 0. The number of sulfonamides is 1. The van der Waals surface area contributed by atoms with Gasteiger partial charge in [0.2, 0.25) is 0 Å². The van der Waals surface area contributed by atoms with Crippen molar-refractivity contribution in [2.75, 3.05) is 13.1 Å². The van der Waals surface area contributed by atoms with E-state index in [1.807, 2.05) is 12.1 Å². The van der Waals surface area contributed by atoms with Crippen LogP contribution in [0.1, 0.15) is 41.8 Å². The molecule has 1 saturated heterocycles. The highest BCUT2D eigenvalue weighted by Gasteiger charge is 2.27. The minimum Gasteiger partial charge on any atom is -0.241 e. The summed E-state index contributed by atoms with van der Waals surface area (Å²) in [6, 6.07) is 11.8. The quantitative estimate of drug-likeness (QED) is 0.598. The van der Waals surface area contributed by atoms with E-state index in [2.05, 4.69) is 42.0 Å². The second kappa shape index (κ2) is 8.34. The first-order valence-electron chi connectivity index (χ1n) is 9.92. The SMILES string of the molecule is Cc1ccc(Cc2nccc(-c3ccc(S(=O)(=O)N4CCCCC4)s3)n2)cc1C. The van der Waals surface area contributed by atoms with Crippen molar-refractivity contribution >= 4 is 21.4 Å². The van der Waals surface area contributed by atoms with Crippen LogP contribution in [0.2, 0.25) is 0 Å². The van der Waals surface area contributed by atoms with E-state index in [1.54, 1.807) is 16.6 Å². The van der Waals surface area contributed by atoms with Crippen LogP contribution < -0.4 is 0 Å². The number of rotatable bonds is 5. The van der Waals surface area contributed by atoms with Gasteiger partial charge in [0.15, 0.2) is 0 Å². The van der Waals surface area contributed by atoms with Gasteiger partial charge in [-0.15, -0.1) is 11.3 Å². The van der Waals surface area contributed by atoms with Gasteiger partial charge in [-0.2, -0.15) is 4.31 Å². The molecule has 3 aromatic rings. The van der Waals surface area contributed by atoms with Gasteiger partial charge in [-0.25, -0.2) is 18.4 Å². The average molecular weight is 428 g/mol. The van der Waals surface area contributed by atoms with E-state index >= 15 is 0 Å². The minimum absolute atomic E-state index is 0.392. The van der Waals surface area contributed by atoms with Crippen LogP contribution in [0, 0.1) is 13.8 Å². The Hall–Kier alpha value is -2.09. The Kier molecular flexibility index (Phi) is 5.81. The molecule has 0 aliphatic carbocycles. The molecule has 1 aromatic carbocycles. The summed E-state index contributed by atoms with van der Waals surface area (Å²) in [4.78, 5) is 9.95. The number of aromatic nitrogens is 2. The second-order valence-corrected chi connectivity index (χ2v) is 10.8. The summed E-state index contributed by atoms with van der Waals surface area (Å²) in [5, 5.41) is 0. The van der Waals surface area contributed by atoms with E-state index < -0.39 is 10.0 Å². The molecule has 0 spiro atoms. The van der Waals surface area contributed by atoms with Gasteiger partial charge in [0, 0.05) is 25.7 Å². The fraction of sp³-hybridized carbons (Fsp3) is 0.364. The highest BCUT2D eigenvalue weighted by molar-refractivity contribution is 7.91. The van der Waals surface area contributed by atoms with Gasteiger partial charge in [-0.3, -0.25) is 0 Å². The van der Waals surface area contributed by atoms with E-state index in [-0.39, 0.29) is 0 Å². The molecule has 29 heavy (non-hydrogen) atoms. The number of benzene rings is 1. The maximum atomic E-state index is 12.9. The highest BCUT2D eigenvalue weighted by Crippen LogP contribution is 2.32. The van der Waals surface area contributed by atoms with E-state index in [9.17, 15) is 8.42 Å². The molecule has 7 heteroatoms.